The normalized spacial score (nSPS) is 17.6. The Bertz CT molecular complexity index is 462. The van der Waals surface area contributed by atoms with Crippen LogP contribution in [-0.2, 0) is 11.3 Å². The van der Waals surface area contributed by atoms with Gasteiger partial charge in [-0.3, -0.25) is 14.6 Å². The van der Waals surface area contributed by atoms with Crippen LogP contribution in [0.1, 0.15) is 5.56 Å². The van der Waals surface area contributed by atoms with Crippen LogP contribution in [0.3, 0.4) is 0 Å². The molecular formula is C13H16ClFN2O2. The quantitative estimate of drug-likeness (QED) is 0.915. The standard InChI is InChI=1S/C13H16ClFN2O2/c14-12-7-11(15)2-1-10(12)8-16-3-5-17(6-4-16)9-13(18)19/h1-2,7H,3-6,8-9H2,(H,18,19). The summed E-state index contributed by atoms with van der Waals surface area (Å²) in [6.07, 6.45) is 0. The molecule has 0 atom stereocenters. The molecule has 0 amide bonds. The number of benzene rings is 1. The molecule has 0 aromatic heterocycles. The zero-order valence-corrected chi connectivity index (χ0v) is 11.2. The summed E-state index contributed by atoms with van der Waals surface area (Å²) in [7, 11) is 0. The average Bonchev–Trinajstić information content (AvgIpc) is 2.34. The van der Waals surface area contributed by atoms with Gasteiger partial charge in [-0.05, 0) is 17.7 Å². The summed E-state index contributed by atoms with van der Waals surface area (Å²) in [5, 5.41) is 9.16. The van der Waals surface area contributed by atoms with Crippen LogP contribution in [0.15, 0.2) is 18.2 Å². The molecule has 19 heavy (non-hydrogen) atoms. The minimum atomic E-state index is -0.796. The van der Waals surface area contributed by atoms with Crippen molar-refractivity contribution in [3.63, 3.8) is 0 Å². The van der Waals surface area contributed by atoms with Gasteiger partial charge in [-0.15, -0.1) is 0 Å². The first-order chi connectivity index (χ1) is 9.04. The van der Waals surface area contributed by atoms with Crippen molar-refractivity contribution in [3.8, 4) is 0 Å². The molecule has 0 bridgehead atoms. The Labute approximate surface area is 116 Å². The van der Waals surface area contributed by atoms with Crippen molar-refractivity contribution in [3.05, 3.63) is 34.6 Å². The number of piperazine rings is 1. The van der Waals surface area contributed by atoms with Crippen LogP contribution in [0.25, 0.3) is 0 Å². The van der Waals surface area contributed by atoms with E-state index in [-0.39, 0.29) is 12.4 Å². The van der Waals surface area contributed by atoms with Gasteiger partial charge in [-0.2, -0.15) is 0 Å². The summed E-state index contributed by atoms with van der Waals surface area (Å²) in [5.74, 6) is -1.13. The summed E-state index contributed by atoms with van der Waals surface area (Å²) in [5.41, 5.74) is 0.898. The molecule has 2 rings (SSSR count). The molecule has 0 saturated carbocycles. The smallest absolute Gasteiger partial charge is 0.317 e. The first-order valence-electron chi connectivity index (χ1n) is 6.15. The Morgan fingerprint density at radius 2 is 1.89 bits per heavy atom. The predicted molar refractivity (Wildman–Crippen MR) is 70.8 cm³/mol. The van der Waals surface area contributed by atoms with Gasteiger partial charge in [-0.1, -0.05) is 17.7 Å². The SMILES string of the molecule is O=C(O)CN1CCN(Cc2ccc(F)cc2Cl)CC1. The van der Waals surface area contributed by atoms with Crippen LogP contribution in [0.4, 0.5) is 4.39 Å². The fourth-order valence-corrected chi connectivity index (χ4v) is 2.41. The van der Waals surface area contributed by atoms with Gasteiger partial charge in [0.15, 0.2) is 0 Å². The van der Waals surface area contributed by atoms with Crippen molar-refractivity contribution in [1.29, 1.82) is 0 Å². The average molecular weight is 287 g/mol. The van der Waals surface area contributed by atoms with Gasteiger partial charge in [0.05, 0.1) is 6.54 Å². The molecule has 1 aliphatic heterocycles. The van der Waals surface area contributed by atoms with Crippen LogP contribution >= 0.6 is 11.6 Å². The van der Waals surface area contributed by atoms with E-state index in [1.807, 2.05) is 4.90 Å². The van der Waals surface area contributed by atoms with E-state index in [1.54, 1.807) is 6.07 Å². The summed E-state index contributed by atoms with van der Waals surface area (Å²) in [6.45, 7) is 3.80. The number of carboxylic acids is 1. The van der Waals surface area contributed by atoms with Crippen molar-refractivity contribution in [2.75, 3.05) is 32.7 Å². The topological polar surface area (TPSA) is 43.8 Å². The highest BCUT2D eigenvalue weighted by Gasteiger charge is 2.19. The number of aliphatic carboxylic acids is 1. The molecule has 1 fully saturated rings. The first kappa shape index (κ1) is 14.2. The highest BCUT2D eigenvalue weighted by molar-refractivity contribution is 6.31. The summed E-state index contributed by atoms with van der Waals surface area (Å²) >= 11 is 5.99. The third-order valence-corrected chi connectivity index (χ3v) is 3.58. The number of hydrogen-bond acceptors (Lipinski definition) is 3. The van der Waals surface area contributed by atoms with E-state index in [2.05, 4.69) is 4.90 Å². The second kappa shape index (κ2) is 6.32. The molecule has 1 N–H and O–H groups in total. The maximum Gasteiger partial charge on any atom is 0.317 e. The highest BCUT2D eigenvalue weighted by Crippen LogP contribution is 2.19. The molecule has 1 aromatic rings. The lowest BCUT2D eigenvalue weighted by molar-refractivity contribution is -0.138. The molecule has 0 aliphatic carbocycles. The third-order valence-electron chi connectivity index (χ3n) is 3.23. The van der Waals surface area contributed by atoms with E-state index in [4.69, 9.17) is 16.7 Å². The van der Waals surface area contributed by atoms with Crippen LogP contribution in [0.2, 0.25) is 5.02 Å². The highest BCUT2D eigenvalue weighted by atomic mass is 35.5. The minimum absolute atomic E-state index is 0.0884. The van der Waals surface area contributed by atoms with Gasteiger partial charge in [0.25, 0.3) is 0 Å². The Balaban J connectivity index is 1.87. The summed E-state index contributed by atoms with van der Waals surface area (Å²) < 4.78 is 12.9. The van der Waals surface area contributed by atoms with E-state index in [0.29, 0.717) is 11.6 Å². The summed E-state index contributed by atoms with van der Waals surface area (Å²) in [6, 6.07) is 4.42. The predicted octanol–water partition coefficient (Wildman–Crippen LogP) is 1.68. The maximum atomic E-state index is 12.9. The molecule has 6 heteroatoms. The number of rotatable bonds is 4. The number of hydrogen-bond donors (Lipinski definition) is 1. The second-order valence-electron chi connectivity index (χ2n) is 4.68. The Morgan fingerprint density at radius 3 is 2.47 bits per heavy atom. The van der Waals surface area contributed by atoms with Crippen molar-refractivity contribution < 1.29 is 14.3 Å². The second-order valence-corrected chi connectivity index (χ2v) is 5.09. The number of carboxylic acid groups (broad SMARTS) is 1. The largest absolute Gasteiger partial charge is 0.480 e. The lowest BCUT2D eigenvalue weighted by Crippen LogP contribution is -2.47. The van der Waals surface area contributed by atoms with Crippen LogP contribution in [0.5, 0.6) is 0 Å². The Kier molecular flexibility index (Phi) is 4.74. The molecule has 0 spiro atoms. The minimum Gasteiger partial charge on any atom is -0.480 e. The van der Waals surface area contributed by atoms with Gasteiger partial charge in [0.1, 0.15) is 5.82 Å². The number of nitrogens with zero attached hydrogens (tertiary/aromatic N) is 2. The van der Waals surface area contributed by atoms with Gasteiger partial charge < -0.3 is 5.11 Å². The maximum absolute atomic E-state index is 12.9. The lowest BCUT2D eigenvalue weighted by Gasteiger charge is -2.33. The monoisotopic (exact) mass is 286 g/mol. The Morgan fingerprint density at radius 1 is 1.26 bits per heavy atom. The molecule has 104 valence electrons. The summed E-state index contributed by atoms with van der Waals surface area (Å²) in [4.78, 5) is 14.7. The molecule has 1 aromatic carbocycles. The van der Waals surface area contributed by atoms with Crippen molar-refractivity contribution >= 4 is 17.6 Å². The number of carbonyl (C=O) groups is 1. The van der Waals surface area contributed by atoms with Gasteiger partial charge in [0, 0.05) is 37.7 Å². The van der Waals surface area contributed by atoms with E-state index < -0.39 is 5.97 Å². The zero-order valence-electron chi connectivity index (χ0n) is 10.5. The lowest BCUT2D eigenvalue weighted by atomic mass is 10.2. The molecule has 4 nitrogen and oxygen atoms in total. The zero-order chi connectivity index (χ0) is 13.8. The van der Waals surface area contributed by atoms with Crippen molar-refractivity contribution in [2.45, 2.75) is 6.54 Å². The molecule has 1 saturated heterocycles. The van der Waals surface area contributed by atoms with Gasteiger partial charge in [0.2, 0.25) is 0 Å². The third kappa shape index (κ3) is 4.16. The Hall–Kier alpha value is -1.17. The fraction of sp³-hybridized carbons (Fsp3) is 0.462. The van der Waals surface area contributed by atoms with E-state index in [1.165, 1.54) is 12.1 Å². The molecule has 0 unspecified atom stereocenters. The molecular weight excluding hydrogens is 271 g/mol. The van der Waals surface area contributed by atoms with E-state index in [0.717, 1.165) is 31.7 Å². The van der Waals surface area contributed by atoms with Crippen LogP contribution in [-0.4, -0.2) is 53.6 Å². The van der Waals surface area contributed by atoms with E-state index in [9.17, 15) is 9.18 Å². The van der Waals surface area contributed by atoms with Crippen molar-refractivity contribution in [2.24, 2.45) is 0 Å². The van der Waals surface area contributed by atoms with E-state index >= 15 is 0 Å². The fourth-order valence-electron chi connectivity index (χ4n) is 2.19. The first-order valence-corrected chi connectivity index (χ1v) is 6.53. The molecule has 0 radical (unpaired) electrons. The number of halogens is 2. The molecule has 1 heterocycles. The van der Waals surface area contributed by atoms with Crippen LogP contribution < -0.4 is 0 Å². The van der Waals surface area contributed by atoms with Gasteiger partial charge >= 0.3 is 5.97 Å². The van der Waals surface area contributed by atoms with Gasteiger partial charge in [-0.25, -0.2) is 4.39 Å². The van der Waals surface area contributed by atoms with Crippen molar-refractivity contribution in [1.82, 2.24) is 9.80 Å². The molecule has 1 aliphatic rings. The van der Waals surface area contributed by atoms with Crippen LogP contribution in [0, 0.1) is 5.82 Å².